The topological polar surface area (TPSA) is 59.8 Å². The Morgan fingerprint density at radius 1 is 1.45 bits per heavy atom. The maximum absolute atomic E-state index is 12.1. The number of aryl methyl sites for hydroxylation is 2. The summed E-state index contributed by atoms with van der Waals surface area (Å²) in [6, 6.07) is 4.04. The quantitative estimate of drug-likeness (QED) is 0.889. The second-order valence-corrected chi connectivity index (χ2v) is 5.59. The van der Waals surface area contributed by atoms with Crippen LogP contribution in [0.1, 0.15) is 43.3 Å². The van der Waals surface area contributed by atoms with E-state index in [9.17, 15) is 4.79 Å². The lowest BCUT2D eigenvalue weighted by atomic mass is 10.3. The lowest BCUT2D eigenvalue weighted by Crippen LogP contribution is -2.30. The molecule has 0 saturated heterocycles. The van der Waals surface area contributed by atoms with Crippen molar-refractivity contribution in [2.75, 3.05) is 0 Å². The van der Waals surface area contributed by atoms with E-state index in [1.807, 2.05) is 38.3 Å². The van der Waals surface area contributed by atoms with E-state index < -0.39 is 0 Å². The van der Waals surface area contributed by atoms with Gasteiger partial charge in [-0.2, -0.15) is 5.10 Å². The monoisotopic (exact) mass is 292 g/mol. The Kier molecular flexibility index (Phi) is 4.89. The predicted molar refractivity (Wildman–Crippen MR) is 79.7 cm³/mol. The van der Waals surface area contributed by atoms with Gasteiger partial charge in [-0.3, -0.25) is 4.79 Å². The third kappa shape index (κ3) is 3.45. The van der Waals surface area contributed by atoms with Crippen molar-refractivity contribution in [1.29, 1.82) is 0 Å². The molecule has 2 aromatic rings. The molecule has 5 nitrogen and oxygen atoms in total. The molecule has 0 spiro atoms. The van der Waals surface area contributed by atoms with Gasteiger partial charge in [0.1, 0.15) is 12.4 Å². The first kappa shape index (κ1) is 14.7. The Bertz CT molecular complexity index is 562. The molecule has 0 saturated carbocycles. The van der Waals surface area contributed by atoms with E-state index >= 15 is 0 Å². The van der Waals surface area contributed by atoms with Crippen molar-refractivity contribution in [3.63, 3.8) is 0 Å². The van der Waals surface area contributed by atoms with Crippen molar-refractivity contribution in [3.8, 4) is 0 Å². The van der Waals surface area contributed by atoms with Gasteiger partial charge in [-0.15, -0.1) is 11.3 Å². The zero-order chi connectivity index (χ0) is 14.5. The van der Waals surface area contributed by atoms with Crippen LogP contribution >= 0.6 is 11.3 Å². The Labute approximate surface area is 123 Å². The number of rotatable bonds is 6. The van der Waals surface area contributed by atoms with E-state index in [4.69, 9.17) is 0 Å². The van der Waals surface area contributed by atoms with Crippen LogP contribution in [0, 0.1) is 0 Å². The lowest BCUT2D eigenvalue weighted by molar-refractivity contribution is -0.122. The number of hydrogen-bond acceptors (Lipinski definition) is 4. The average Bonchev–Trinajstić information content (AvgIpc) is 3.07. The fourth-order valence-corrected chi connectivity index (χ4v) is 2.73. The minimum absolute atomic E-state index is 0.0294. The molecule has 0 aliphatic carbocycles. The van der Waals surface area contributed by atoms with Crippen LogP contribution < -0.4 is 5.32 Å². The summed E-state index contributed by atoms with van der Waals surface area (Å²) in [6.07, 6.45) is 1.56. The third-order valence-electron chi connectivity index (χ3n) is 3.07. The van der Waals surface area contributed by atoms with Gasteiger partial charge in [0.05, 0.1) is 6.04 Å². The predicted octanol–water partition coefficient (Wildman–Crippen LogP) is 2.34. The molecular formula is C14H20N4OS. The van der Waals surface area contributed by atoms with Crippen molar-refractivity contribution < 1.29 is 4.79 Å². The fourth-order valence-electron chi connectivity index (χ4n) is 2.00. The number of aromatic nitrogens is 3. The maximum Gasteiger partial charge on any atom is 0.242 e. The van der Waals surface area contributed by atoms with Crippen molar-refractivity contribution in [2.45, 2.75) is 46.2 Å². The number of carbonyl (C=O) groups excluding carboxylic acids is 1. The molecule has 2 rings (SSSR count). The standard InChI is InChI=1S/C14H20N4OS/c1-4-12-16-13(5-2)18(17-12)9-14(19)15-10(3)11-7-6-8-20-11/h6-8,10H,4-5,9H2,1-3H3,(H,15,19). The zero-order valence-corrected chi connectivity index (χ0v) is 12.9. The highest BCUT2D eigenvalue weighted by atomic mass is 32.1. The van der Waals surface area contributed by atoms with Crippen LogP contribution in [0.2, 0.25) is 0 Å². The second kappa shape index (κ2) is 6.65. The van der Waals surface area contributed by atoms with Crippen LogP contribution in [0.25, 0.3) is 0 Å². The molecular weight excluding hydrogens is 272 g/mol. The Morgan fingerprint density at radius 3 is 2.85 bits per heavy atom. The first-order valence-electron chi connectivity index (χ1n) is 6.89. The maximum atomic E-state index is 12.1. The molecule has 0 fully saturated rings. The molecule has 6 heteroatoms. The van der Waals surface area contributed by atoms with Crippen LogP contribution in [-0.2, 0) is 24.2 Å². The molecule has 0 aromatic carbocycles. The van der Waals surface area contributed by atoms with E-state index in [0.717, 1.165) is 29.4 Å². The molecule has 1 amide bonds. The number of amides is 1. The average molecular weight is 292 g/mol. The highest BCUT2D eigenvalue weighted by Crippen LogP contribution is 2.17. The fraction of sp³-hybridized carbons (Fsp3) is 0.500. The molecule has 0 radical (unpaired) electrons. The van der Waals surface area contributed by atoms with Crippen LogP contribution in [0.5, 0.6) is 0 Å². The number of carbonyl (C=O) groups is 1. The molecule has 2 heterocycles. The molecule has 1 N–H and O–H groups in total. The van der Waals surface area contributed by atoms with Gasteiger partial charge in [-0.1, -0.05) is 19.9 Å². The largest absolute Gasteiger partial charge is 0.347 e. The van der Waals surface area contributed by atoms with Gasteiger partial charge >= 0.3 is 0 Å². The molecule has 1 unspecified atom stereocenters. The summed E-state index contributed by atoms with van der Waals surface area (Å²) >= 11 is 1.65. The van der Waals surface area contributed by atoms with Crippen molar-refractivity contribution in [3.05, 3.63) is 34.0 Å². The summed E-state index contributed by atoms with van der Waals surface area (Å²) in [5.41, 5.74) is 0. The van der Waals surface area contributed by atoms with Gasteiger partial charge < -0.3 is 5.32 Å². The molecule has 1 atom stereocenters. The second-order valence-electron chi connectivity index (χ2n) is 4.61. The van der Waals surface area contributed by atoms with Gasteiger partial charge in [-0.05, 0) is 18.4 Å². The van der Waals surface area contributed by atoms with Gasteiger partial charge in [-0.25, -0.2) is 9.67 Å². The first-order valence-corrected chi connectivity index (χ1v) is 7.77. The molecule has 0 aliphatic heterocycles. The molecule has 2 aromatic heterocycles. The highest BCUT2D eigenvalue weighted by molar-refractivity contribution is 7.10. The van der Waals surface area contributed by atoms with Gasteiger partial charge in [0.2, 0.25) is 5.91 Å². The summed E-state index contributed by atoms with van der Waals surface area (Å²) in [5.74, 6) is 1.62. The highest BCUT2D eigenvalue weighted by Gasteiger charge is 2.14. The van der Waals surface area contributed by atoms with E-state index in [-0.39, 0.29) is 18.5 Å². The first-order chi connectivity index (χ1) is 9.63. The van der Waals surface area contributed by atoms with Crippen LogP contribution in [-0.4, -0.2) is 20.7 Å². The molecule has 108 valence electrons. The minimum Gasteiger partial charge on any atom is -0.347 e. The summed E-state index contributed by atoms with van der Waals surface area (Å²) < 4.78 is 1.70. The lowest BCUT2D eigenvalue weighted by Gasteiger charge is -2.12. The molecule has 0 bridgehead atoms. The van der Waals surface area contributed by atoms with Crippen LogP contribution in [0.3, 0.4) is 0 Å². The summed E-state index contributed by atoms with van der Waals surface area (Å²) in [5, 5.41) is 9.36. The summed E-state index contributed by atoms with van der Waals surface area (Å²) in [7, 11) is 0. The normalized spacial score (nSPS) is 12.3. The number of nitrogens with one attached hydrogen (secondary N) is 1. The number of hydrogen-bond donors (Lipinski definition) is 1. The summed E-state index contributed by atoms with van der Waals surface area (Å²) in [6.45, 7) is 6.25. The van der Waals surface area contributed by atoms with Crippen molar-refractivity contribution in [1.82, 2.24) is 20.1 Å². The van der Waals surface area contributed by atoms with Gasteiger partial charge in [0, 0.05) is 17.7 Å². The van der Waals surface area contributed by atoms with Crippen LogP contribution in [0.15, 0.2) is 17.5 Å². The summed E-state index contributed by atoms with van der Waals surface area (Å²) in [4.78, 5) is 17.6. The minimum atomic E-state index is -0.0341. The van der Waals surface area contributed by atoms with Gasteiger partial charge in [0.25, 0.3) is 0 Å². The van der Waals surface area contributed by atoms with E-state index in [1.54, 1.807) is 16.0 Å². The van der Waals surface area contributed by atoms with Crippen molar-refractivity contribution >= 4 is 17.2 Å². The zero-order valence-electron chi connectivity index (χ0n) is 12.1. The molecule has 0 aliphatic rings. The smallest absolute Gasteiger partial charge is 0.242 e. The van der Waals surface area contributed by atoms with E-state index in [1.165, 1.54) is 0 Å². The number of nitrogens with zero attached hydrogens (tertiary/aromatic N) is 3. The molecule has 20 heavy (non-hydrogen) atoms. The Morgan fingerprint density at radius 2 is 2.25 bits per heavy atom. The number of thiophene rings is 1. The van der Waals surface area contributed by atoms with Gasteiger partial charge in [0.15, 0.2) is 5.82 Å². The SMILES string of the molecule is CCc1nc(CC)n(CC(=O)NC(C)c2cccs2)n1. The van der Waals surface area contributed by atoms with E-state index in [2.05, 4.69) is 15.4 Å². The Balaban J connectivity index is 1.99. The van der Waals surface area contributed by atoms with E-state index in [0.29, 0.717) is 0 Å². The van der Waals surface area contributed by atoms with Crippen molar-refractivity contribution in [2.24, 2.45) is 0 Å². The van der Waals surface area contributed by atoms with Crippen LogP contribution in [0.4, 0.5) is 0 Å². The Hall–Kier alpha value is -1.69. The third-order valence-corrected chi connectivity index (χ3v) is 4.12.